The number of likely N-dealkylation sites (tertiary alicyclic amines) is 1. The van der Waals surface area contributed by atoms with Gasteiger partial charge in [-0.25, -0.2) is 0 Å². The summed E-state index contributed by atoms with van der Waals surface area (Å²) >= 11 is 0. The number of unbranched alkanes of at least 4 members (excludes halogenated alkanes) is 1. The predicted molar refractivity (Wildman–Crippen MR) is 96.5 cm³/mol. The van der Waals surface area contributed by atoms with Crippen molar-refractivity contribution in [3.8, 4) is 0 Å². The zero-order valence-corrected chi connectivity index (χ0v) is 16.7. The van der Waals surface area contributed by atoms with Crippen LogP contribution in [0.5, 0.6) is 0 Å². The standard InChI is InChI=1S/C17H34NO6P/c1-4-22-17(20)15-10-13-18(14-11-15)12-8-7-9-16(19)25(21,23-5-2)24-6-3/h15-16,19H,4-14H2,1-3H3. The number of ether oxygens (including phenoxy) is 1. The van der Waals surface area contributed by atoms with Crippen LogP contribution < -0.4 is 0 Å². The third-order valence-corrected chi connectivity index (χ3v) is 6.60. The van der Waals surface area contributed by atoms with Crippen molar-refractivity contribution in [2.24, 2.45) is 5.92 Å². The van der Waals surface area contributed by atoms with Crippen LogP contribution in [0.2, 0.25) is 0 Å². The second kappa shape index (κ2) is 12.0. The smallest absolute Gasteiger partial charge is 0.358 e. The molecule has 0 radical (unpaired) electrons. The Balaban J connectivity index is 2.23. The number of aliphatic hydroxyl groups is 1. The van der Waals surface area contributed by atoms with E-state index in [1.165, 1.54) is 0 Å². The van der Waals surface area contributed by atoms with Crippen LogP contribution >= 0.6 is 7.60 Å². The number of rotatable bonds is 12. The van der Waals surface area contributed by atoms with Gasteiger partial charge in [0.1, 0.15) is 0 Å². The van der Waals surface area contributed by atoms with Crippen LogP contribution in [0.4, 0.5) is 0 Å². The van der Waals surface area contributed by atoms with Gasteiger partial charge in [-0.3, -0.25) is 9.36 Å². The molecule has 0 amide bonds. The summed E-state index contributed by atoms with van der Waals surface area (Å²) in [5, 5.41) is 10.1. The molecule has 1 rings (SSSR count). The molecule has 0 saturated carbocycles. The van der Waals surface area contributed by atoms with Gasteiger partial charge in [0.2, 0.25) is 0 Å². The molecule has 0 aromatic heterocycles. The first-order valence-electron chi connectivity index (χ1n) is 9.42. The highest BCUT2D eigenvalue weighted by molar-refractivity contribution is 7.54. The first-order chi connectivity index (χ1) is 12.0. The summed E-state index contributed by atoms with van der Waals surface area (Å²) < 4.78 is 27.8. The quantitative estimate of drug-likeness (QED) is 0.317. The van der Waals surface area contributed by atoms with Crippen LogP contribution in [0.25, 0.3) is 0 Å². The third-order valence-electron chi connectivity index (χ3n) is 4.38. The minimum absolute atomic E-state index is 0.0290. The van der Waals surface area contributed by atoms with E-state index in [0.717, 1.165) is 45.3 Å². The number of carbonyl (C=O) groups is 1. The van der Waals surface area contributed by atoms with E-state index in [1.54, 1.807) is 13.8 Å². The SMILES string of the molecule is CCOC(=O)C1CCN(CCCCC(O)P(=O)(OCC)OCC)CC1. The molecule has 1 aliphatic rings. The summed E-state index contributed by atoms with van der Waals surface area (Å²) in [6.07, 6.45) is 3.73. The zero-order valence-electron chi connectivity index (χ0n) is 15.8. The van der Waals surface area contributed by atoms with E-state index in [2.05, 4.69) is 4.90 Å². The summed E-state index contributed by atoms with van der Waals surface area (Å²) in [6, 6.07) is 0. The first kappa shape index (κ1) is 22.6. The molecule has 1 saturated heterocycles. The number of carbonyl (C=O) groups excluding carboxylic acids is 1. The van der Waals surface area contributed by atoms with Gasteiger partial charge in [0, 0.05) is 0 Å². The molecule has 0 aromatic rings. The van der Waals surface area contributed by atoms with Crippen molar-refractivity contribution >= 4 is 13.6 Å². The summed E-state index contributed by atoms with van der Waals surface area (Å²) in [5.41, 5.74) is 0. The highest BCUT2D eigenvalue weighted by atomic mass is 31.2. The van der Waals surface area contributed by atoms with E-state index in [9.17, 15) is 14.5 Å². The summed E-state index contributed by atoms with van der Waals surface area (Å²) in [6.45, 7) is 8.94. The molecule has 8 heteroatoms. The molecule has 1 N–H and O–H groups in total. The van der Waals surface area contributed by atoms with Crippen LogP contribution in [0.1, 0.15) is 52.9 Å². The monoisotopic (exact) mass is 379 g/mol. The topological polar surface area (TPSA) is 85.3 Å². The summed E-state index contributed by atoms with van der Waals surface area (Å²) in [5.74, 6) is -1.11. The van der Waals surface area contributed by atoms with Gasteiger partial charge in [-0.05, 0) is 72.5 Å². The third kappa shape index (κ3) is 7.75. The fourth-order valence-electron chi connectivity index (χ4n) is 3.04. The van der Waals surface area contributed by atoms with Crippen LogP contribution in [0, 0.1) is 5.92 Å². The molecule has 0 spiro atoms. The minimum Gasteiger partial charge on any atom is -0.466 e. The predicted octanol–water partition coefficient (Wildman–Crippen LogP) is 3.02. The Morgan fingerprint density at radius 1 is 1.12 bits per heavy atom. The largest absolute Gasteiger partial charge is 0.466 e. The first-order valence-corrected chi connectivity index (χ1v) is 11.0. The maximum Gasteiger partial charge on any atom is 0.358 e. The van der Waals surface area contributed by atoms with Gasteiger partial charge in [-0.1, -0.05) is 0 Å². The minimum atomic E-state index is -3.42. The van der Waals surface area contributed by atoms with E-state index in [0.29, 0.717) is 13.0 Å². The highest BCUT2D eigenvalue weighted by Crippen LogP contribution is 2.53. The average molecular weight is 379 g/mol. The normalized spacial score (nSPS) is 18.2. The fourth-order valence-corrected chi connectivity index (χ4v) is 4.68. The molecule has 1 fully saturated rings. The molecule has 7 nitrogen and oxygen atoms in total. The summed E-state index contributed by atoms with van der Waals surface area (Å²) in [7, 11) is -3.42. The van der Waals surface area contributed by atoms with Gasteiger partial charge in [0.05, 0.1) is 25.7 Å². The number of aliphatic hydroxyl groups excluding tert-OH is 1. The van der Waals surface area contributed by atoms with E-state index in [1.807, 2.05) is 6.92 Å². The van der Waals surface area contributed by atoms with Crippen molar-refractivity contribution in [2.75, 3.05) is 39.5 Å². The molecule has 148 valence electrons. The van der Waals surface area contributed by atoms with Gasteiger partial charge < -0.3 is 23.8 Å². The Hall–Kier alpha value is -0.460. The number of esters is 1. The van der Waals surface area contributed by atoms with Crippen LogP contribution in [0.3, 0.4) is 0 Å². The number of hydrogen-bond acceptors (Lipinski definition) is 7. The Kier molecular flexibility index (Phi) is 10.9. The Bertz CT molecular complexity index is 415. The molecular weight excluding hydrogens is 345 g/mol. The van der Waals surface area contributed by atoms with Gasteiger partial charge >= 0.3 is 13.6 Å². The van der Waals surface area contributed by atoms with Gasteiger partial charge in [-0.15, -0.1) is 0 Å². The molecule has 0 aromatic carbocycles. The Morgan fingerprint density at radius 3 is 2.24 bits per heavy atom. The van der Waals surface area contributed by atoms with Crippen LogP contribution in [-0.4, -0.2) is 61.3 Å². The molecule has 0 bridgehead atoms. The van der Waals surface area contributed by atoms with Crippen LogP contribution in [-0.2, 0) is 23.1 Å². The summed E-state index contributed by atoms with van der Waals surface area (Å²) in [4.78, 5) is 14.0. The number of hydrogen-bond donors (Lipinski definition) is 1. The molecule has 1 heterocycles. The molecule has 0 aliphatic carbocycles. The maximum absolute atomic E-state index is 12.4. The molecule has 1 unspecified atom stereocenters. The zero-order chi connectivity index (χ0) is 18.7. The van der Waals surface area contributed by atoms with Gasteiger partial charge in [-0.2, -0.15) is 0 Å². The molecule has 1 atom stereocenters. The molecule has 1 aliphatic heterocycles. The maximum atomic E-state index is 12.4. The number of piperidine rings is 1. The van der Waals surface area contributed by atoms with Crippen LogP contribution in [0.15, 0.2) is 0 Å². The van der Waals surface area contributed by atoms with E-state index in [-0.39, 0.29) is 25.1 Å². The van der Waals surface area contributed by atoms with E-state index >= 15 is 0 Å². The van der Waals surface area contributed by atoms with Crippen molar-refractivity contribution in [3.63, 3.8) is 0 Å². The lowest BCUT2D eigenvalue weighted by Gasteiger charge is -2.30. The molecule has 25 heavy (non-hydrogen) atoms. The average Bonchev–Trinajstić information content (AvgIpc) is 2.59. The lowest BCUT2D eigenvalue weighted by Crippen LogP contribution is -2.37. The van der Waals surface area contributed by atoms with Crippen molar-refractivity contribution in [3.05, 3.63) is 0 Å². The van der Waals surface area contributed by atoms with E-state index < -0.39 is 13.4 Å². The highest BCUT2D eigenvalue weighted by Gasteiger charge is 2.33. The molecular formula is C17H34NO6P. The van der Waals surface area contributed by atoms with Gasteiger partial charge in [0.15, 0.2) is 5.85 Å². The van der Waals surface area contributed by atoms with Crippen molar-refractivity contribution in [1.82, 2.24) is 4.90 Å². The lowest BCUT2D eigenvalue weighted by atomic mass is 9.97. The van der Waals surface area contributed by atoms with Crippen molar-refractivity contribution in [2.45, 2.75) is 58.7 Å². The Labute approximate surface area is 151 Å². The van der Waals surface area contributed by atoms with Gasteiger partial charge in [0.25, 0.3) is 0 Å². The van der Waals surface area contributed by atoms with Crippen molar-refractivity contribution < 1.29 is 28.3 Å². The second-order valence-corrected chi connectivity index (χ2v) is 8.41. The number of nitrogens with zero attached hydrogens (tertiary/aromatic N) is 1. The fraction of sp³-hybridized carbons (Fsp3) is 0.941. The second-order valence-electron chi connectivity index (χ2n) is 6.22. The lowest BCUT2D eigenvalue weighted by molar-refractivity contribution is -0.149. The van der Waals surface area contributed by atoms with E-state index in [4.69, 9.17) is 13.8 Å². The van der Waals surface area contributed by atoms with Crippen molar-refractivity contribution in [1.29, 1.82) is 0 Å². The Morgan fingerprint density at radius 2 is 1.72 bits per heavy atom.